The Morgan fingerprint density at radius 2 is 2.05 bits per heavy atom. The Morgan fingerprint density at radius 1 is 1.27 bits per heavy atom. The van der Waals surface area contributed by atoms with Gasteiger partial charge in [-0.15, -0.1) is 6.58 Å². The van der Waals surface area contributed by atoms with Crippen molar-refractivity contribution in [1.29, 1.82) is 0 Å². The number of rotatable bonds is 7. The Morgan fingerprint density at radius 3 is 2.77 bits per heavy atom. The fourth-order valence-corrected chi connectivity index (χ4v) is 2.04. The molecule has 2 rings (SSSR count). The van der Waals surface area contributed by atoms with E-state index in [1.54, 1.807) is 18.3 Å². The minimum atomic E-state index is -0.184. The molecule has 0 spiro atoms. The molecule has 22 heavy (non-hydrogen) atoms. The molecule has 5 heteroatoms. The largest absolute Gasteiger partial charge is 0.381 e. The van der Waals surface area contributed by atoms with Gasteiger partial charge in [-0.25, -0.2) is 0 Å². The van der Waals surface area contributed by atoms with Crippen molar-refractivity contribution < 1.29 is 4.79 Å². The molecular weight excluding hydrogens is 298 g/mol. The van der Waals surface area contributed by atoms with Crippen LogP contribution in [0.1, 0.15) is 16.1 Å². The Balaban J connectivity index is 1.86. The molecule has 0 unspecified atom stereocenters. The first-order valence-electron chi connectivity index (χ1n) is 7.02. The molecule has 0 saturated carbocycles. The van der Waals surface area contributed by atoms with E-state index in [0.29, 0.717) is 23.8 Å². The highest BCUT2D eigenvalue weighted by Gasteiger charge is 2.07. The van der Waals surface area contributed by atoms with E-state index >= 15 is 0 Å². The molecule has 2 N–H and O–H groups in total. The summed E-state index contributed by atoms with van der Waals surface area (Å²) >= 11 is 5.84. The highest BCUT2D eigenvalue weighted by Crippen LogP contribution is 2.10. The van der Waals surface area contributed by atoms with Gasteiger partial charge in [-0.2, -0.15) is 0 Å². The number of carbonyl (C=O) groups is 1. The minimum absolute atomic E-state index is 0.184. The monoisotopic (exact) mass is 315 g/mol. The van der Waals surface area contributed by atoms with Crippen molar-refractivity contribution in [3.05, 3.63) is 71.5 Å². The van der Waals surface area contributed by atoms with Gasteiger partial charge in [-0.3, -0.25) is 9.78 Å². The molecule has 1 aromatic heterocycles. The molecule has 4 nitrogen and oxygen atoms in total. The maximum absolute atomic E-state index is 12.1. The minimum Gasteiger partial charge on any atom is -0.381 e. The Hall–Kier alpha value is -2.33. The van der Waals surface area contributed by atoms with Gasteiger partial charge in [0, 0.05) is 30.0 Å². The molecule has 0 aliphatic carbocycles. The highest BCUT2D eigenvalue weighted by atomic mass is 35.5. The molecule has 0 bridgehead atoms. The Labute approximate surface area is 135 Å². The number of hydrogen-bond acceptors (Lipinski definition) is 3. The number of benzene rings is 1. The van der Waals surface area contributed by atoms with E-state index in [9.17, 15) is 4.79 Å². The van der Waals surface area contributed by atoms with Crippen LogP contribution in [-0.4, -0.2) is 24.0 Å². The predicted molar refractivity (Wildman–Crippen MR) is 90.4 cm³/mol. The third-order valence-electron chi connectivity index (χ3n) is 3.06. The molecule has 1 aromatic carbocycles. The van der Waals surface area contributed by atoms with Gasteiger partial charge >= 0.3 is 0 Å². The van der Waals surface area contributed by atoms with Crippen molar-refractivity contribution in [3.8, 4) is 0 Å². The number of amides is 1. The predicted octanol–water partition coefficient (Wildman–Crippen LogP) is 3.31. The number of carbonyl (C=O) groups excluding carboxylic acids is 1. The summed E-state index contributed by atoms with van der Waals surface area (Å²) in [6.07, 6.45) is 4.11. The first-order valence-corrected chi connectivity index (χ1v) is 7.40. The fraction of sp³-hybridized carbons (Fsp3) is 0.176. The zero-order valence-corrected chi connectivity index (χ0v) is 12.9. The number of pyridine rings is 1. The zero-order chi connectivity index (χ0) is 15.8. The second-order valence-corrected chi connectivity index (χ2v) is 5.17. The van der Waals surface area contributed by atoms with Crippen LogP contribution < -0.4 is 10.6 Å². The lowest BCUT2D eigenvalue weighted by Crippen LogP contribution is -2.26. The van der Waals surface area contributed by atoms with Gasteiger partial charge in [0.2, 0.25) is 0 Å². The first kappa shape index (κ1) is 16.0. The average Bonchev–Trinajstić information content (AvgIpc) is 2.55. The molecule has 0 saturated heterocycles. The second-order valence-electron chi connectivity index (χ2n) is 4.73. The fourth-order valence-electron chi connectivity index (χ4n) is 1.92. The van der Waals surface area contributed by atoms with Crippen LogP contribution in [0.2, 0.25) is 5.02 Å². The van der Waals surface area contributed by atoms with Crippen molar-refractivity contribution in [2.24, 2.45) is 0 Å². The second kappa shape index (κ2) is 8.20. The third kappa shape index (κ3) is 4.90. The number of halogens is 1. The van der Waals surface area contributed by atoms with E-state index < -0.39 is 0 Å². The molecule has 1 amide bonds. The van der Waals surface area contributed by atoms with Gasteiger partial charge in [-0.05, 0) is 36.2 Å². The Bertz CT molecular complexity index is 641. The molecule has 0 aliphatic rings. The highest BCUT2D eigenvalue weighted by molar-refractivity contribution is 6.30. The Kier molecular flexibility index (Phi) is 5.98. The summed E-state index contributed by atoms with van der Waals surface area (Å²) < 4.78 is 0. The number of aromatic nitrogens is 1. The van der Waals surface area contributed by atoms with Gasteiger partial charge in [0.25, 0.3) is 5.91 Å². The topological polar surface area (TPSA) is 54.0 Å². The van der Waals surface area contributed by atoms with Gasteiger partial charge in [0.15, 0.2) is 0 Å². The van der Waals surface area contributed by atoms with Crippen molar-refractivity contribution in [2.45, 2.75) is 6.42 Å². The summed E-state index contributed by atoms with van der Waals surface area (Å²) in [5.74, 6) is -0.184. The molecule has 0 radical (unpaired) electrons. The first-order chi connectivity index (χ1) is 10.7. The zero-order valence-electron chi connectivity index (χ0n) is 12.2. The third-order valence-corrected chi connectivity index (χ3v) is 3.31. The molecule has 1 heterocycles. The van der Waals surface area contributed by atoms with Crippen LogP contribution in [0, 0.1) is 0 Å². The quantitative estimate of drug-likeness (QED) is 0.771. The standard InChI is InChI=1S/C17H18ClN3O/c1-2-9-19-15-8-11-20-16(12-15)17(22)21-10-7-13-3-5-14(18)6-4-13/h2-6,8,11-12H,1,7,9-10H2,(H,19,20)(H,21,22). The van der Waals surface area contributed by atoms with Gasteiger partial charge < -0.3 is 10.6 Å². The summed E-state index contributed by atoms with van der Waals surface area (Å²) in [4.78, 5) is 16.2. The summed E-state index contributed by atoms with van der Waals surface area (Å²) in [7, 11) is 0. The lowest BCUT2D eigenvalue weighted by Gasteiger charge is -2.07. The van der Waals surface area contributed by atoms with E-state index in [2.05, 4.69) is 22.2 Å². The van der Waals surface area contributed by atoms with Crippen molar-refractivity contribution in [3.63, 3.8) is 0 Å². The molecular formula is C17H18ClN3O. The van der Waals surface area contributed by atoms with Crippen LogP contribution in [0.5, 0.6) is 0 Å². The van der Waals surface area contributed by atoms with Crippen LogP contribution in [0.15, 0.2) is 55.3 Å². The van der Waals surface area contributed by atoms with Crippen molar-refractivity contribution in [2.75, 3.05) is 18.4 Å². The number of nitrogens with one attached hydrogen (secondary N) is 2. The molecule has 0 aliphatic heterocycles. The van der Waals surface area contributed by atoms with Crippen LogP contribution in [-0.2, 0) is 6.42 Å². The summed E-state index contributed by atoms with van der Waals surface area (Å²) in [6.45, 7) is 4.83. The normalized spacial score (nSPS) is 10.0. The molecule has 114 valence electrons. The van der Waals surface area contributed by atoms with Crippen molar-refractivity contribution >= 4 is 23.2 Å². The van der Waals surface area contributed by atoms with E-state index in [1.165, 1.54) is 0 Å². The van der Waals surface area contributed by atoms with Gasteiger partial charge in [-0.1, -0.05) is 29.8 Å². The van der Waals surface area contributed by atoms with E-state index in [0.717, 1.165) is 17.7 Å². The maximum atomic E-state index is 12.1. The average molecular weight is 316 g/mol. The smallest absolute Gasteiger partial charge is 0.269 e. The number of hydrogen-bond donors (Lipinski definition) is 2. The summed E-state index contributed by atoms with van der Waals surface area (Å²) in [5, 5.41) is 6.70. The summed E-state index contributed by atoms with van der Waals surface area (Å²) in [5.41, 5.74) is 2.36. The number of nitrogens with zero attached hydrogens (tertiary/aromatic N) is 1. The lowest BCUT2D eigenvalue weighted by molar-refractivity contribution is 0.0949. The van der Waals surface area contributed by atoms with Crippen LogP contribution in [0.4, 0.5) is 5.69 Å². The lowest BCUT2D eigenvalue weighted by atomic mass is 10.1. The van der Waals surface area contributed by atoms with E-state index in [4.69, 9.17) is 11.6 Å². The molecule has 0 fully saturated rings. The van der Waals surface area contributed by atoms with E-state index in [-0.39, 0.29) is 5.91 Å². The maximum Gasteiger partial charge on any atom is 0.269 e. The molecule has 2 aromatic rings. The van der Waals surface area contributed by atoms with Crippen molar-refractivity contribution in [1.82, 2.24) is 10.3 Å². The van der Waals surface area contributed by atoms with Crippen LogP contribution in [0.3, 0.4) is 0 Å². The van der Waals surface area contributed by atoms with E-state index in [1.807, 2.05) is 30.3 Å². The van der Waals surface area contributed by atoms with Crippen LogP contribution in [0.25, 0.3) is 0 Å². The van der Waals surface area contributed by atoms with Crippen LogP contribution >= 0.6 is 11.6 Å². The number of anilines is 1. The SMILES string of the molecule is C=CCNc1ccnc(C(=O)NCCc2ccc(Cl)cc2)c1. The molecule has 0 atom stereocenters. The van der Waals surface area contributed by atoms with Gasteiger partial charge in [0.1, 0.15) is 5.69 Å². The summed E-state index contributed by atoms with van der Waals surface area (Å²) in [6, 6.07) is 11.1. The van der Waals surface area contributed by atoms with Gasteiger partial charge in [0.05, 0.1) is 0 Å².